The lowest BCUT2D eigenvalue weighted by Crippen LogP contribution is -2.16. The summed E-state index contributed by atoms with van der Waals surface area (Å²) in [5.74, 6) is 0.955. The lowest BCUT2D eigenvalue weighted by atomic mass is 10.2. The average Bonchev–Trinajstić information content (AvgIpc) is 3.45. The molecule has 0 saturated heterocycles. The zero-order valence-corrected chi connectivity index (χ0v) is 21.6. The number of anilines is 1. The molecule has 1 amide bonds. The van der Waals surface area contributed by atoms with Gasteiger partial charge in [-0.1, -0.05) is 37.7 Å². The van der Waals surface area contributed by atoms with Crippen molar-refractivity contribution in [1.29, 1.82) is 0 Å². The van der Waals surface area contributed by atoms with E-state index in [0.29, 0.717) is 28.1 Å². The first-order valence-corrected chi connectivity index (χ1v) is 13.1. The number of rotatable bonds is 12. The first-order valence-electron chi connectivity index (χ1n) is 11.3. The Morgan fingerprint density at radius 3 is 2.50 bits per heavy atom. The molecule has 0 aliphatic heterocycles. The van der Waals surface area contributed by atoms with Crippen molar-refractivity contribution < 1.29 is 19.1 Å². The van der Waals surface area contributed by atoms with E-state index in [0.717, 1.165) is 23.5 Å². The number of hydrogen-bond acceptors (Lipinski definition) is 8. The van der Waals surface area contributed by atoms with Gasteiger partial charge in [0.15, 0.2) is 11.0 Å². The van der Waals surface area contributed by atoms with Gasteiger partial charge in [-0.05, 0) is 50.5 Å². The number of esters is 1. The van der Waals surface area contributed by atoms with Gasteiger partial charge >= 0.3 is 5.97 Å². The van der Waals surface area contributed by atoms with Crippen LogP contribution in [0.3, 0.4) is 0 Å². The predicted molar refractivity (Wildman–Crippen MR) is 135 cm³/mol. The molecular weight excluding hydrogens is 472 g/mol. The Balaban J connectivity index is 1.60. The van der Waals surface area contributed by atoms with Crippen LogP contribution in [0.25, 0.3) is 0 Å². The highest BCUT2D eigenvalue weighted by molar-refractivity contribution is 7.99. The van der Waals surface area contributed by atoms with Crippen molar-refractivity contribution in [2.45, 2.75) is 58.8 Å². The molecule has 0 fully saturated rings. The molecule has 3 rings (SSSR count). The number of benzene rings is 1. The fourth-order valence-corrected chi connectivity index (χ4v) is 5.00. The van der Waals surface area contributed by atoms with Gasteiger partial charge in [0.25, 0.3) is 0 Å². The number of thiophene rings is 1. The molecule has 0 bridgehead atoms. The maximum Gasteiger partial charge on any atom is 0.341 e. The highest BCUT2D eigenvalue weighted by Crippen LogP contribution is 2.30. The normalized spacial score (nSPS) is 10.8. The summed E-state index contributed by atoms with van der Waals surface area (Å²) in [5.41, 5.74) is 1.65. The molecule has 1 N–H and O–H groups in total. The van der Waals surface area contributed by atoms with E-state index in [2.05, 4.69) is 22.4 Å². The van der Waals surface area contributed by atoms with Crippen LogP contribution >= 0.6 is 23.1 Å². The van der Waals surface area contributed by atoms with Gasteiger partial charge in [-0.25, -0.2) is 4.79 Å². The molecule has 3 aromatic rings. The summed E-state index contributed by atoms with van der Waals surface area (Å²) in [7, 11) is 0. The van der Waals surface area contributed by atoms with Gasteiger partial charge in [-0.3, -0.25) is 4.79 Å². The molecule has 34 heavy (non-hydrogen) atoms. The second-order valence-electron chi connectivity index (χ2n) is 7.30. The van der Waals surface area contributed by atoms with Crippen LogP contribution in [0.2, 0.25) is 0 Å². The molecule has 10 heteroatoms. The topological polar surface area (TPSA) is 95.3 Å². The van der Waals surface area contributed by atoms with E-state index < -0.39 is 5.97 Å². The Labute approximate surface area is 208 Å². The van der Waals surface area contributed by atoms with Crippen LogP contribution in [-0.4, -0.2) is 39.0 Å². The van der Waals surface area contributed by atoms with E-state index >= 15 is 0 Å². The molecule has 0 spiro atoms. The van der Waals surface area contributed by atoms with Crippen LogP contribution in [0.1, 0.15) is 54.3 Å². The van der Waals surface area contributed by atoms with Crippen LogP contribution in [0, 0.1) is 0 Å². The summed E-state index contributed by atoms with van der Waals surface area (Å²) < 4.78 is 12.9. The third kappa shape index (κ3) is 6.60. The first kappa shape index (κ1) is 25.8. The molecular formula is C24H30N4O4S2. The summed E-state index contributed by atoms with van der Waals surface area (Å²) in [4.78, 5) is 25.9. The molecule has 0 radical (unpaired) electrons. The number of carbonyl (C=O) groups excluding carboxylic acids is 2. The van der Waals surface area contributed by atoms with E-state index in [4.69, 9.17) is 9.47 Å². The maximum atomic E-state index is 12.6. The zero-order valence-electron chi connectivity index (χ0n) is 19.9. The van der Waals surface area contributed by atoms with E-state index in [1.54, 1.807) is 13.0 Å². The highest BCUT2D eigenvalue weighted by Gasteiger charge is 2.20. The summed E-state index contributed by atoms with van der Waals surface area (Å²) >= 11 is 2.68. The number of ether oxygens (including phenoxy) is 2. The molecule has 0 aliphatic carbocycles. The number of aromatic nitrogens is 3. The van der Waals surface area contributed by atoms with Gasteiger partial charge in [-0.2, -0.15) is 0 Å². The lowest BCUT2D eigenvalue weighted by Gasteiger charge is -2.09. The minimum absolute atomic E-state index is 0.138. The standard InChI is InChI=1S/C24H30N4O4S2/c1-5-16-9-11-17(12-10-16)32-14-20-26-27-24(28(20)7-3)33-15-21(29)25-22-19(23(30)31-8-4)13-18(6-2)34-22/h9-13H,5-8,14-15H2,1-4H3,(H,25,29). The van der Waals surface area contributed by atoms with Crippen molar-refractivity contribution in [1.82, 2.24) is 14.8 Å². The van der Waals surface area contributed by atoms with Crippen LogP contribution in [0.5, 0.6) is 5.75 Å². The number of nitrogens with one attached hydrogen (secondary N) is 1. The van der Waals surface area contributed by atoms with Gasteiger partial charge in [0.05, 0.1) is 17.9 Å². The molecule has 0 unspecified atom stereocenters. The third-order valence-corrected chi connectivity index (χ3v) is 7.18. The molecule has 182 valence electrons. The van der Waals surface area contributed by atoms with E-state index in [-0.39, 0.29) is 24.9 Å². The monoisotopic (exact) mass is 502 g/mol. The van der Waals surface area contributed by atoms with E-state index in [1.807, 2.05) is 42.7 Å². The minimum atomic E-state index is -0.430. The third-order valence-electron chi connectivity index (χ3n) is 5.02. The second-order valence-corrected chi connectivity index (χ2v) is 9.37. The van der Waals surface area contributed by atoms with E-state index in [1.165, 1.54) is 28.7 Å². The van der Waals surface area contributed by atoms with Crippen molar-refractivity contribution in [2.75, 3.05) is 17.7 Å². The van der Waals surface area contributed by atoms with Crippen molar-refractivity contribution in [3.63, 3.8) is 0 Å². The van der Waals surface area contributed by atoms with Crippen molar-refractivity contribution in [3.05, 3.63) is 52.2 Å². The highest BCUT2D eigenvalue weighted by atomic mass is 32.2. The van der Waals surface area contributed by atoms with Gasteiger partial charge in [-0.15, -0.1) is 21.5 Å². The summed E-state index contributed by atoms with van der Waals surface area (Å²) in [6, 6.07) is 9.77. The van der Waals surface area contributed by atoms with E-state index in [9.17, 15) is 9.59 Å². The fraction of sp³-hybridized carbons (Fsp3) is 0.417. The number of aryl methyl sites for hydroxylation is 2. The second kappa shape index (κ2) is 12.6. The van der Waals surface area contributed by atoms with Crippen LogP contribution in [-0.2, 0) is 35.5 Å². The quantitative estimate of drug-likeness (QED) is 0.276. The Morgan fingerprint density at radius 1 is 1.09 bits per heavy atom. The van der Waals surface area contributed by atoms with Gasteiger partial charge < -0.3 is 19.4 Å². The van der Waals surface area contributed by atoms with Crippen LogP contribution in [0.4, 0.5) is 5.00 Å². The Hall–Kier alpha value is -2.85. The van der Waals surface area contributed by atoms with Crippen LogP contribution < -0.4 is 10.1 Å². The number of carbonyl (C=O) groups is 2. The Bertz CT molecular complexity index is 1110. The van der Waals surface area contributed by atoms with Crippen LogP contribution in [0.15, 0.2) is 35.5 Å². The molecule has 2 aromatic heterocycles. The SMILES string of the molecule is CCOC(=O)c1cc(CC)sc1NC(=O)CSc1nnc(COc2ccc(CC)cc2)n1CC. The van der Waals surface area contributed by atoms with Gasteiger partial charge in [0.2, 0.25) is 5.91 Å². The molecule has 2 heterocycles. The van der Waals surface area contributed by atoms with Crippen molar-refractivity contribution in [2.24, 2.45) is 0 Å². The molecule has 0 aliphatic rings. The average molecular weight is 503 g/mol. The summed E-state index contributed by atoms with van der Waals surface area (Å²) in [6.07, 6.45) is 1.75. The molecule has 8 nitrogen and oxygen atoms in total. The minimum Gasteiger partial charge on any atom is -0.486 e. The fourth-order valence-electron chi connectivity index (χ4n) is 3.18. The summed E-state index contributed by atoms with van der Waals surface area (Å²) in [6.45, 7) is 9.09. The molecule has 1 aromatic carbocycles. The Kier molecular flexibility index (Phi) is 9.52. The lowest BCUT2D eigenvalue weighted by molar-refractivity contribution is -0.113. The summed E-state index contributed by atoms with van der Waals surface area (Å²) in [5, 5.41) is 12.5. The number of nitrogens with zero attached hydrogens (tertiary/aromatic N) is 3. The number of hydrogen-bond donors (Lipinski definition) is 1. The Morgan fingerprint density at radius 2 is 1.85 bits per heavy atom. The van der Waals surface area contributed by atoms with Gasteiger partial charge in [0, 0.05) is 11.4 Å². The largest absolute Gasteiger partial charge is 0.486 e. The maximum absolute atomic E-state index is 12.6. The molecule has 0 atom stereocenters. The first-order chi connectivity index (χ1) is 16.5. The van der Waals surface area contributed by atoms with Crippen molar-refractivity contribution in [3.8, 4) is 5.75 Å². The number of thioether (sulfide) groups is 1. The number of amides is 1. The zero-order chi connectivity index (χ0) is 24.5. The van der Waals surface area contributed by atoms with Gasteiger partial charge in [0.1, 0.15) is 17.4 Å². The van der Waals surface area contributed by atoms with Crippen molar-refractivity contribution >= 4 is 40.0 Å². The smallest absolute Gasteiger partial charge is 0.341 e. The predicted octanol–water partition coefficient (Wildman–Crippen LogP) is 4.97. The molecule has 0 saturated carbocycles.